The van der Waals surface area contributed by atoms with Crippen molar-refractivity contribution in [2.24, 2.45) is 0 Å². The lowest BCUT2D eigenvalue weighted by atomic mass is 10.2. The van der Waals surface area contributed by atoms with E-state index in [1.165, 1.54) is 22.9 Å². The van der Waals surface area contributed by atoms with Crippen LogP contribution in [0.25, 0.3) is 11.0 Å². The zero-order valence-corrected chi connectivity index (χ0v) is 15.1. The molecule has 3 N–H and O–H groups in total. The molecule has 0 aliphatic heterocycles. The van der Waals surface area contributed by atoms with E-state index < -0.39 is 23.1 Å². The van der Waals surface area contributed by atoms with Crippen LogP contribution < -0.4 is 22.1 Å². The van der Waals surface area contributed by atoms with Gasteiger partial charge >= 0.3 is 5.69 Å². The summed E-state index contributed by atoms with van der Waals surface area (Å²) in [4.78, 5) is 55.0. The van der Waals surface area contributed by atoms with Gasteiger partial charge in [-0.3, -0.25) is 34.8 Å². The van der Waals surface area contributed by atoms with E-state index in [2.05, 4.69) is 20.8 Å². The summed E-state index contributed by atoms with van der Waals surface area (Å²) < 4.78 is 1.43. The number of halogens is 1. The van der Waals surface area contributed by atoms with Gasteiger partial charge in [-0.1, -0.05) is 23.7 Å². The second-order valence-corrected chi connectivity index (χ2v) is 6.75. The Morgan fingerprint density at radius 1 is 1.14 bits per heavy atom. The number of aromatic nitrogens is 3. The van der Waals surface area contributed by atoms with Gasteiger partial charge in [0.15, 0.2) is 0 Å². The van der Waals surface area contributed by atoms with E-state index in [0.29, 0.717) is 0 Å². The van der Waals surface area contributed by atoms with Crippen molar-refractivity contribution >= 4 is 34.4 Å². The summed E-state index contributed by atoms with van der Waals surface area (Å²) in [5.41, 5.74) is 3.85. The number of carbonyl (C=O) groups excluding carboxylic acids is 2. The van der Waals surface area contributed by atoms with Gasteiger partial charge in [0, 0.05) is 12.2 Å². The molecule has 3 aromatic rings. The average Bonchev–Trinajstić information content (AvgIpc) is 3.51. The molecular weight excluding hydrogens is 386 g/mol. The molecule has 4 rings (SSSR count). The van der Waals surface area contributed by atoms with E-state index >= 15 is 0 Å². The Balaban J connectivity index is 1.58. The highest BCUT2D eigenvalue weighted by atomic mass is 35.5. The molecule has 142 valence electrons. The Hall–Kier alpha value is -3.46. The van der Waals surface area contributed by atoms with Gasteiger partial charge in [0.2, 0.25) is 0 Å². The van der Waals surface area contributed by atoms with E-state index in [9.17, 15) is 19.2 Å². The maximum atomic E-state index is 12.3. The van der Waals surface area contributed by atoms with Gasteiger partial charge < -0.3 is 0 Å². The fourth-order valence-corrected chi connectivity index (χ4v) is 3.05. The monoisotopic (exact) mass is 399 g/mol. The Labute approximate surface area is 162 Å². The minimum atomic E-state index is -0.668. The van der Waals surface area contributed by atoms with Crippen molar-refractivity contribution in [1.82, 2.24) is 25.4 Å². The molecule has 28 heavy (non-hydrogen) atoms. The lowest BCUT2D eigenvalue weighted by molar-refractivity contribution is 0.0846. The van der Waals surface area contributed by atoms with Crippen molar-refractivity contribution in [3.63, 3.8) is 0 Å². The number of nitrogens with zero attached hydrogens (tertiary/aromatic N) is 2. The molecule has 0 radical (unpaired) electrons. The zero-order valence-electron chi connectivity index (χ0n) is 14.4. The molecule has 0 unspecified atom stereocenters. The number of rotatable bonds is 3. The first kappa shape index (κ1) is 17.9. The van der Waals surface area contributed by atoms with Crippen molar-refractivity contribution in [1.29, 1.82) is 0 Å². The molecule has 9 nitrogen and oxygen atoms in total. The van der Waals surface area contributed by atoms with Crippen LogP contribution in [0.2, 0.25) is 5.02 Å². The van der Waals surface area contributed by atoms with Gasteiger partial charge in [-0.15, -0.1) is 0 Å². The Kier molecular flexibility index (Phi) is 4.44. The van der Waals surface area contributed by atoms with Crippen LogP contribution in [0, 0.1) is 0 Å². The third kappa shape index (κ3) is 3.27. The number of aromatic amines is 1. The molecule has 2 aromatic heterocycles. The fourth-order valence-electron chi connectivity index (χ4n) is 2.83. The molecule has 0 saturated heterocycles. The Morgan fingerprint density at radius 3 is 2.57 bits per heavy atom. The van der Waals surface area contributed by atoms with E-state index in [0.717, 1.165) is 12.8 Å². The highest BCUT2D eigenvalue weighted by molar-refractivity contribution is 6.33. The first-order valence-corrected chi connectivity index (χ1v) is 8.83. The summed E-state index contributed by atoms with van der Waals surface area (Å²) >= 11 is 5.94. The number of pyridine rings is 1. The molecule has 10 heteroatoms. The minimum Gasteiger partial charge on any atom is -0.274 e. The number of hydrazine groups is 1. The normalized spacial score (nSPS) is 13.3. The van der Waals surface area contributed by atoms with Gasteiger partial charge in [0.25, 0.3) is 17.4 Å². The Bertz CT molecular complexity index is 1230. The van der Waals surface area contributed by atoms with Crippen molar-refractivity contribution in [3.05, 3.63) is 73.5 Å². The average molecular weight is 400 g/mol. The summed E-state index contributed by atoms with van der Waals surface area (Å²) in [6.07, 6.45) is 2.91. The molecule has 1 aliphatic carbocycles. The largest absolute Gasteiger partial charge is 0.330 e. The molecule has 1 fully saturated rings. The van der Waals surface area contributed by atoms with E-state index in [1.807, 2.05) is 0 Å². The van der Waals surface area contributed by atoms with Gasteiger partial charge in [-0.25, -0.2) is 9.78 Å². The minimum absolute atomic E-state index is 0.00827. The molecule has 0 atom stereocenters. The number of fused-ring (bicyclic) bond motifs is 1. The third-order valence-corrected chi connectivity index (χ3v) is 4.69. The number of H-pyrrole nitrogens is 1. The number of nitrogens with one attached hydrogen (secondary N) is 3. The summed E-state index contributed by atoms with van der Waals surface area (Å²) in [6.45, 7) is 0. The highest BCUT2D eigenvalue weighted by Gasteiger charge is 2.27. The molecule has 0 bridgehead atoms. The number of amides is 2. The van der Waals surface area contributed by atoms with Crippen molar-refractivity contribution in [2.45, 2.75) is 18.9 Å². The van der Waals surface area contributed by atoms with Crippen LogP contribution in [-0.4, -0.2) is 26.3 Å². The van der Waals surface area contributed by atoms with Crippen molar-refractivity contribution < 1.29 is 9.59 Å². The first-order valence-electron chi connectivity index (χ1n) is 8.45. The zero-order chi connectivity index (χ0) is 19.8. The fraction of sp³-hybridized carbons (Fsp3) is 0.167. The van der Waals surface area contributed by atoms with Crippen LogP contribution in [0.3, 0.4) is 0 Å². The van der Waals surface area contributed by atoms with Gasteiger partial charge in [-0.05, 0) is 31.0 Å². The smallest absolute Gasteiger partial charge is 0.274 e. The van der Waals surface area contributed by atoms with Crippen LogP contribution in [0.5, 0.6) is 0 Å². The summed E-state index contributed by atoms with van der Waals surface area (Å²) in [7, 11) is 0. The predicted molar refractivity (Wildman–Crippen MR) is 101 cm³/mol. The summed E-state index contributed by atoms with van der Waals surface area (Å²) in [5.74, 6) is -1.26. The number of carbonyl (C=O) groups is 2. The maximum Gasteiger partial charge on any atom is 0.330 e. The van der Waals surface area contributed by atoms with Gasteiger partial charge in [0.1, 0.15) is 5.65 Å². The first-order chi connectivity index (χ1) is 13.5. The van der Waals surface area contributed by atoms with Gasteiger partial charge in [-0.2, -0.15) is 0 Å². The molecule has 1 aromatic carbocycles. The molecule has 2 heterocycles. The second-order valence-electron chi connectivity index (χ2n) is 6.34. The number of hydrogen-bond acceptors (Lipinski definition) is 5. The van der Waals surface area contributed by atoms with E-state index in [4.69, 9.17) is 11.6 Å². The molecule has 1 saturated carbocycles. The number of benzene rings is 1. The van der Waals surface area contributed by atoms with Crippen LogP contribution in [0.4, 0.5) is 0 Å². The third-order valence-electron chi connectivity index (χ3n) is 4.36. The maximum absolute atomic E-state index is 12.3. The topological polar surface area (TPSA) is 126 Å². The van der Waals surface area contributed by atoms with Crippen LogP contribution in [0.15, 0.2) is 46.1 Å². The summed E-state index contributed by atoms with van der Waals surface area (Å²) in [6, 6.07) is 7.72. The standard InChI is InChI=1S/C18H14ClN5O4/c19-13-4-2-1-3-11(13)17(27)23-22-15(25)9-7-12-14(20-8-9)24(10-5-6-10)18(28)21-16(12)26/h1-4,7-8,10H,5-6H2,(H,22,25)(H,23,27)(H,21,26,28). The van der Waals surface area contributed by atoms with Crippen LogP contribution >= 0.6 is 11.6 Å². The number of hydrogen-bond donors (Lipinski definition) is 3. The summed E-state index contributed by atoms with van der Waals surface area (Å²) in [5, 5.41) is 0.364. The molecule has 0 spiro atoms. The van der Waals surface area contributed by atoms with Crippen LogP contribution in [0.1, 0.15) is 39.6 Å². The second kappa shape index (κ2) is 6.93. The molecular formula is C18H14ClN5O4. The van der Waals surface area contributed by atoms with Crippen LogP contribution in [-0.2, 0) is 0 Å². The SMILES string of the molecule is O=C(NNC(=O)c1ccccc1Cl)c1cnc2c(c1)c(=O)[nH]c(=O)n2C1CC1. The highest BCUT2D eigenvalue weighted by Crippen LogP contribution is 2.34. The predicted octanol–water partition coefficient (Wildman–Crippen LogP) is 1.15. The Morgan fingerprint density at radius 2 is 1.86 bits per heavy atom. The van der Waals surface area contributed by atoms with Crippen molar-refractivity contribution in [3.8, 4) is 0 Å². The molecule has 1 aliphatic rings. The van der Waals surface area contributed by atoms with Crippen molar-refractivity contribution in [2.75, 3.05) is 0 Å². The quantitative estimate of drug-likeness (QED) is 0.569. The lowest BCUT2D eigenvalue weighted by Gasteiger charge is -2.10. The molecule has 2 amide bonds. The van der Waals surface area contributed by atoms with Gasteiger partial charge in [0.05, 0.1) is 21.5 Å². The van der Waals surface area contributed by atoms with E-state index in [1.54, 1.807) is 18.2 Å². The van der Waals surface area contributed by atoms with E-state index in [-0.39, 0.29) is 33.2 Å². The lowest BCUT2D eigenvalue weighted by Crippen LogP contribution is -2.41.